The van der Waals surface area contributed by atoms with E-state index in [1.165, 1.54) is 12.1 Å². The maximum atomic E-state index is 13.4. The summed E-state index contributed by atoms with van der Waals surface area (Å²) in [7, 11) is 0. The van der Waals surface area contributed by atoms with Crippen molar-refractivity contribution in [3.8, 4) is 5.88 Å². The predicted octanol–water partition coefficient (Wildman–Crippen LogP) is 1.37. The summed E-state index contributed by atoms with van der Waals surface area (Å²) in [6.45, 7) is -0.00210. The highest BCUT2D eigenvalue weighted by molar-refractivity contribution is 5.29. The van der Waals surface area contributed by atoms with Gasteiger partial charge in [0.2, 0.25) is 5.88 Å². The highest BCUT2D eigenvalue weighted by atomic mass is 19.3. The number of hydrogen-bond donors (Lipinski definition) is 1. The molecule has 6 nitrogen and oxygen atoms in total. The van der Waals surface area contributed by atoms with E-state index in [9.17, 15) is 18.9 Å². The molecule has 0 amide bonds. The van der Waals surface area contributed by atoms with Crippen LogP contribution in [0.15, 0.2) is 18.3 Å². The lowest BCUT2D eigenvalue weighted by molar-refractivity contribution is -0.385. The van der Waals surface area contributed by atoms with Gasteiger partial charge in [0.15, 0.2) is 6.10 Å². The Morgan fingerprint density at radius 3 is 2.89 bits per heavy atom. The van der Waals surface area contributed by atoms with Crippen molar-refractivity contribution in [1.29, 1.82) is 0 Å². The number of hydrogen-bond acceptors (Lipinski definition) is 5. The van der Waals surface area contributed by atoms with E-state index in [2.05, 4.69) is 10.3 Å². The summed E-state index contributed by atoms with van der Waals surface area (Å²) in [6.07, 6.45) is -0.118. The number of nitrogens with one attached hydrogen (secondary N) is 1. The number of alkyl halides is 2. The number of ether oxygens (including phenoxy) is 1. The normalized spacial score (nSPS) is 22.4. The second kappa shape index (κ2) is 4.81. The maximum absolute atomic E-state index is 13.4. The molecule has 0 saturated carbocycles. The van der Waals surface area contributed by atoms with Crippen LogP contribution in [0, 0.1) is 10.1 Å². The summed E-state index contributed by atoms with van der Waals surface area (Å²) in [4.78, 5) is 13.4. The molecule has 0 aromatic carbocycles. The first-order chi connectivity index (χ1) is 8.49. The first kappa shape index (κ1) is 12.6. The molecule has 1 saturated heterocycles. The molecule has 1 aliphatic rings. The molecule has 98 valence electrons. The summed E-state index contributed by atoms with van der Waals surface area (Å²) in [5.74, 6) is -3.01. The Morgan fingerprint density at radius 1 is 1.56 bits per heavy atom. The lowest BCUT2D eigenvalue weighted by Gasteiger charge is -2.31. The Balaban J connectivity index is 2.06. The molecule has 0 radical (unpaired) electrons. The molecule has 0 spiro atoms. The van der Waals surface area contributed by atoms with Gasteiger partial charge in [0.1, 0.15) is 6.20 Å². The largest absolute Gasteiger partial charge is 0.468 e. The third kappa shape index (κ3) is 2.70. The van der Waals surface area contributed by atoms with E-state index < -0.39 is 23.5 Å². The molecule has 2 rings (SSSR count). The average molecular weight is 259 g/mol. The lowest BCUT2D eigenvalue weighted by Crippen LogP contribution is -2.52. The van der Waals surface area contributed by atoms with E-state index in [4.69, 9.17) is 4.74 Å². The number of halogens is 2. The van der Waals surface area contributed by atoms with Gasteiger partial charge in [-0.25, -0.2) is 13.8 Å². The van der Waals surface area contributed by atoms with Gasteiger partial charge in [-0.1, -0.05) is 0 Å². The van der Waals surface area contributed by atoms with Gasteiger partial charge in [-0.3, -0.25) is 10.1 Å². The molecule has 0 aliphatic carbocycles. The van der Waals surface area contributed by atoms with Crippen LogP contribution in [0.1, 0.15) is 6.42 Å². The minimum absolute atomic E-state index is 0.0350. The van der Waals surface area contributed by atoms with E-state index in [0.29, 0.717) is 6.54 Å². The number of rotatable bonds is 3. The van der Waals surface area contributed by atoms with Crippen LogP contribution in [0.5, 0.6) is 5.88 Å². The predicted molar refractivity (Wildman–Crippen MR) is 57.7 cm³/mol. The molecule has 1 aromatic heterocycles. The van der Waals surface area contributed by atoms with E-state index in [1.807, 2.05) is 0 Å². The zero-order valence-corrected chi connectivity index (χ0v) is 9.31. The average Bonchev–Trinajstić information content (AvgIpc) is 2.32. The second-order valence-electron chi connectivity index (χ2n) is 3.94. The summed E-state index contributed by atoms with van der Waals surface area (Å²) < 4.78 is 32.0. The fourth-order valence-corrected chi connectivity index (χ4v) is 1.65. The van der Waals surface area contributed by atoms with Gasteiger partial charge in [0.05, 0.1) is 11.5 Å². The first-order valence-electron chi connectivity index (χ1n) is 5.35. The van der Waals surface area contributed by atoms with Crippen LogP contribution in [-0.2, 0) is 0 Å². The molecule has 0 bridgehead atoms. The highest BCUT2D eigenvalue weighted by Gasteiger charge is 2.43. The smallest absolute Gasteiger partial charge is 0.296 e. The molecule has 1 unspecified atom stereocenters. The molecule has 1 N–H and O–H groups in total. The summed E-state index contributed by atoms with van der Waals surface area (Å²) >= 11 is 0. The molecular formula is C10H11F2N3O3. The topological polar surface area (TPSA) is 77.3 Å². The van der Waals surface area contributed by atoms with Gasteiger partial charge in [-0.05, 0) is 6.54 Å². The third-order valence-electron chi connectivity index (χ3n) is 2.61. The van der Waals surface area contributed by atoms with Crippen molar-refractivity contribution in [2.24, 2.45) is 0 Å². The standard InChI is InChI=1S/C10H11F2N3O3/c11-10(12)6-13-4-3-8(10)18-9-2-1-7(5-14-9)15(16)17/h1-2,5,8,13H,3-4,6H2. The van der Waals surface area contributed by atoms with Crippen molar-refractivity contribution in [3.05, 3.63) is 28.4 Å². The van der Waals surface area contributed by atoms with Crippen LogP contribution in [-0.4, -0.2) is 35.0 Å². The van der Waals surface area contributed by atoms with Crippen LogP contribution in [0.2, 0.25) is 0 Å². The van der Waals surface area contributed by atoms with Crippen molar-refractivity contribution >= 4 is 5.69 Å². The van der Waals surface area contributed by atoms with Crippen LogP contribution >= 0.6 is 0 Å². The Hall–Kier alpha value is -1.83. The molecule has 1 atom stereocenters. The number of piperidine rings is 1. The lowest BCUT2D eigenvalue weighted by atomic mass is 10.1. The number of pyridine rings is 1. The summed E-state index contributed by atoms with van der Waals surface area (Å²) in [6, 6.07) is 2.39. The van der Waals surface area contributed by atoms with E-state index in [-0.39, 0.29) is 18.0 Å². The number of aromatic nitrogens is 1. The third-order valence-corrected chi connectivity index (χ3v) is 2.61. The fourth-order valence-electron chi connectivity index (χ4n) is 1.65. The molecule has 1 aromatic rings. The molecule has 2 heterocycles. The van der Waals surface area contributed by atoms with Crippen LogP contribution < -0.4 is 10.1 Å². The van der Waals surface area contributed by atoms with Crippen LogP contribution in [0.25, 0.3) is 0 Å². The van der Waals surface area contributed by atoms with Crippen molar-refractivity contribution in [3.63, 3.8) is 0 Å². The Kier molecular flexibility index (Phi) is 3.37. The molecule has 8 heteroatoms. The van der Waals surface area contributed by atoms with Gasteiger partial charge in [0, 0.05) is 18.6 Å². The van der Waals surface area contributed by atoms with Gasteiger partial charge in [-0.15, -0.1) is 0 Å². The van der Waals surface area contributed by atoms with Gasteiger partial charge in [-0.2, -0.15) is 0 Å². The number of nitro groups is 1. The SMILES string of the molecule is O=[N+]([O-])c1ccc(OC2CCNCC2(F)F)nc1. The Morgan fingerprint density at radius 2 is 2.33 bits per heavy atom. The molecule has 18 heavy (non-hydrogen) atoms. The quantitative estimate of drug-likeness (QED) is 0.655. The van der Waals surface area contributed by atoms with E-state index >= 15 is 0 Å². The molecule has 1 fully saturated rings. The highest BCUT2D eigenvalue weighted by Crippen LogP contribution is 2.27. The Bertz CT molecular complexity index is 438. The van der Waals surface area contributed by atoms with Crippen molar-refractivity contribution in [1.82, 2.24) is 10.3 Å². The molecule has 1 aliphatic heterocycles. The minimum Gasteiger partial charge on any atom is -0.468 e. The van der Waals surface area contributed by atoms with Gasteiger partial charge >= 0.3 is 0 Å². The Labute approximate surface area is 101 Å². The first-order valence-corrected chi connectivity index (χ1v) is 5.35. The number of nitrogens with zero attached hydrogens (tertiary/aromatic N) is 2. The maximum Gasteiger partial charge on any atom is 0.296 e. The zero-order valence-electron chi connectivity index (χ0n) is 9.31. The minimum atomic E-state index is -2.97. The second-order valence-corrected chi connectivity index (χ2v) is 3.94. The fraction of sp³-hybridized carbons (Fsp3) is 0.500. The van der Waals surface area contributed by atoms with Gasteiger partial charge in [0.25, 0.3) is 11.6 Å². The summed E-state index contributed by atoms with van der Waals surface area (Å²) in [5.41, 5.74) is -0.209. The van der Waals surface area contributed by atoms with Crippen molar-refractivity contribution < 1.29 is 18.4 Å². The van der Waals surface area contributed by atoms with Gasteiger partial charge < -0.3 is 10.1 Å². The van der Waals surface area contributed by atoms with E-state index in [0.717, 1.165) is 6.20 Å². The molecular weight excluding hydrogens is 248 g/mol. The van der Waals surface area contributed by atoms with Crippen LogP contribution in [0.4, 0.5) is 14.5 Å². The zero-order chi connectivity index (χ0) is 13.2. The monoisotopic (exact) mass is 259 g/mol. The van der Waals surface area contributed by atoms with E-state index in [1.54, 1.807) is 0 Å². The van der Waals surface area contributed by atoms with Crippen LogP contribution in [0.3, 0.4) is 0 Å². The van der Waals surface area contributed by atoms with Crippen molar-refractivity contribution in [2.75, 3.05) is 13.1 Å². The van der Waals surface area contributed by atoms with Crippen molar-refractivity contribution in [2.45, 2.75) is 18.4 Å². The summed E-state index contributed by atoms with van der Waals surface area (Å²) in [5, 5.41) is 13.0.